The number of carbonyl (C=O) groups is 1. The summed E-state index contributed by atoms with van der Waals surface area (Å²) >= 11 is 0. The summed E-state index contributed by atoms with van der Waals surface area (Å²) in [5, 5.41) is 3.91. The lowest BCUT2D eigenvalue weighted by Crippen LogP contribution is -2.32. The Morgan fingerprint density at radius 1 is 0.938 bits per heavy atom. The minimum Gasteiger partial charge on any atom is -0.273 e. The second kappa shape index (κ2) is 11.2. The van der Waals surface area contributed by atoms with E-state index < -0.39 is 22.0 Å². The van der Waals surface area contributed by atoms with Crippen molar-refractivity contribution < 1.29 is 13.2 Å². The molecule has 3 aromatic rings. The highest BCUT2D eigenvalue weighted by atomic mass is 32.2. The quantitative estimate of drug-likeness (QED) is 0.380. The number of hydrazone groups is 1. The van der Waals surface area contributed by atoms with Gasteiger partial charge in [-0.1, -0.05) is 84.4 Å². The molecule has 2 N–H and O–H groups in total. The van der Waals surface area contributed by atoms with E-state index in [9.17, 15) is 13.2 Å². The van der Waals surface area contributed by atoms with E-state index in [4.69, 9.17) is 0 Å². The molecular weight excluding hydrogens is 422 g/mol. The van der Waals surface area contributed by atoms with Gasteiger partial charge in [-0.3, -0.25) is 4.79 Å². The van der Waals surface area contributed by atoms with Gasteiger partial charge in [0.05, 0.1) is 10.9 Å². The number of amides is 1. The van der Waals surface area contributed by atoms with E-state index in [0.717, 1.165) is 11.1 Å². The predicted octanol–water partition coefficient (Wildman–Crippen LogP) is 4.22. The third-order valence-corrected chi connectivity index (χ3v) is 6.15. The topological polar surface area (TPSA) is 87.6 Å². The summed E-state index contributed by atoms with van der Waals surface area (Å²) in [5.41, 5.74) is 5.11. The summed E-state index contributed by atoms with van der Waals surface area (Å²) in [5.74, 6) is -0.408. The molecule has 0 aliphatic heterocycles. The number of hydrogen-bond donors (Lipinski definition) is 2. The van der Waals surface area contributed by atoms with Gasteiger partial charge in [0.15, 0.2) is 0 Å². The molecule has 32 heavy (non-hydrogen) atoms. The normalized spacial score (nSPS) is 12.8. The van der Waals surface area contributed by atoms with E-state index in [1.165, 1.54) is 6.21 Å². The minimum atomic E-state index is -3.81. The van der Waals surface area contributed by atoms with Gasteiger partial charge in [0, 0.05) is 12.6 Å². The zero-order chi connectivity index (χ0) is 22.8. The van der Waals surface area contributed by atoms with Crippen LogP contribution in [0.4, 0.5) is 0 Å². The Bertz CT molecular complexity index is 1170. The fourth-order valence-corrected chi connectivity index (χ4v) is 4.21. The lowest BCUT2D eigenvalue weighted by Gasteiger charge is -2.18. The summed E-state index contributed by atoms with van der Waals surface area (Å²) in [4.78, 5) is 12.6. The molecule has 164 valence electrons. The van der Waals surface area contributed by atoms with Crippen molar-refractivity contribution in [3.05, 3.63) is 108 Å². The zero-order valence-corrected chi connectivity index (χ0v) is 18.5. The average Bonchev–Trinajstić information content (AvgIpc) is 2.80. The molecule has 0 heterocycles. The molecule has 1 amide bonds. The van der Waals surface area contributed by atoms with Gasteiger partial charge in [0.25, 0.3) is 0 Å². The Balaban J connectivity index is 1.67. The van der Waals surface area contributed by atoms with E-state index in [0.29, 0.717) is 5.56 Å². The second-order valence-electron chi connectivity index (χ2n) is 7.18. The van der Waals surface area contributed by atoms with E-state index in [2.05, 4.69) is 15.2 Å². The fraction of sp³-hybridized carbons (Fsp3) is 0.120. The van der Waals surface area contributed by atoms with Crippen LogP contribution >= 0.6 is 0 Å². The minimum absolute atomic E-state index is 0.102. The largest absolute Gasteiger partial charge is 0.273 e. The van der Waals surface area contributed by atoms with Crippen molar-refractivity contribution in [1.82, 2.24) is 10.1 Å². The van der Waals surface area contributed by atoms with E-state index in [-0.39, 0.29) is 11.3 Å². The van der Waals surface area contributed by atoms with Gasteiger partial charge >= 0.3 is 0 Å². The SMILES string of the molecule is Cc1ccc(S(=O)(=O)N[C@H](CC(=O)N/N=C\C=C\c2ccccc2)c2ccccc2)cc1. The van der Waals surface area contributed by atoms with Crippen molar-refractivity contribution in [3.8, 4) is 0 Å². The molecule has 7 heteroatoms. The number of hydrogen-bond acceptors (Lipinski definition) is 4. The van der Waals surface area contributed by atoms with Crippen LogP contribution in [0.15, 0.2) is 101 Å². The molecule has 0 aromatic heterocycles. The number of nitrogens with one attached hydrogen (secondary N) is 2. The van der Waals surface area contributed by atoms with Crippen LogP contribution in [-0.4, -0.2) is 20.5 Å². The average molecular weight is 448 g/mol. The van der Waals surface area contributed by atoms with Crippen LogP contribution < -0.4 is 10.1 Å². The van der Waals surface area contributed by atoms with Crippen molar-refractivity contribution in [2.45, 2.75) is 24.3 Å². The standard InChI is InChI=1S/C25H25N3O3S/c1-20-14-16-23(17-15-20)32(30,31)28-24(22-12-6-3-7-13-22)19-25(29)27-26-18-8-11-21-9-4-2-5-10-21/h2-18,24,28H,19H2,1H3,(H,27,29)/b11-8+,26-18-/t24-/m1/s1. The first-order valence-corrected chi connectivity index (χ1v) is 11.6. The number of benzene rings is 3. The van der Waals surface area contributed by atoms with Crippen LogP contribution in [0.2, 0.25) is 0 Å². The Hall–Kier alpha value is -3.55. The molecular formula is C25H25N3O3S. The third kappa shape index (κ3) is 7.01. The Morgan fingerprint density at radius 2 is 1.56 bits per heavy atom. The van der Waals surface area contributed by atoms with Crippen molar-refractivity contribution in [1.29, 1.82) is 0 Å². The van der Waals surface area contributed by atoms with Crippen LogP contribution in [0.3, 0.4) is 0 Å². The number of allylic oxidation sites excluding steroid dienone is 1. The zero-order valence-electron chi connectivity index (χ0n) is 17.7. The van der Waals surface area contributed by atoms with Crippen LogP contribution in [0.1, 0.15) is 29.2 Å². The number of nitrogens with zero attached hydrogens (tertiary/aromatic N) is 1. The number of rotatable bonds is 9. The van der Waals surface area contributed by atoms with Crippen LogP contribution in [0.25, 0.3) is 6.08 Å². The third-order valence-electron chi connectivity index (χ3n) is 4.66. The molecule has 3 rings (SSSR count). The molecule has 3 aromatic carbocycles. The Labute approximate surface area is 188 Å². The highest BCUT2D eigenvalue weighted by Gasteiger charge is 2.23. The summed E-state index contributed by atoms with van der Waals surface area (Å²) < 4.78 is 28.4. The van der Waals surface area contributed by atoms with Crippen molar-refractivity contribution >= 4 is 28.2 Å². The molecule has 0 aliphatic rings. The molecule has 0 fully saturated rings. The maximum absolute atomic E-state index is 12.9. The molecule has 0 bridgehead atoms. The Morgan fingerprint density at radius 3 is 2.22 bits per heavy atom. The van der Waals surface area contributed by atoms with E-state index in [1.54, 1.807) is 54.6 Å². The van der Waals surface area contributed by atoms with Gasteiger partial charge in [-0.05, 0) is 36.3 Å². The van der Waals surface area contributed by atoms with E-state index in [1.807, 2.05) is 49.4 Å². The maximum atomic E-state index is 12.9. The molecule has 1 atom stereocenters. The summed E-state index contributed by atoms with van der Waals surface area (Å²) in [6, 6.07) is 24.5. The molecule has 0 saturated carbocycles. The van der Waals surface area contributed by atoms with Crippen LogP contribution in [0, 0.1) is 6.92 Å². The molecule has 0 unspecified atom stereocenters. The Kier molecular flexibility index (Phi) is 8.08. The van der Waals surface area contributed by atoms with Crippen molar-refractivity contribution in [2.75, 3.05) is 0 Å². The number of carbonyl (C=O) groups excluding carboxylic acids is 1. The van der Waals surface area contributed by atoms with E-state index >= 15 is 0 Å². The van der Waals surface area contributed by atoms with Crippen LogP contribution in [0.5, 0.6) is 0 Å². The highest BCUT2D eigenvalue weighted by Crippen LogP contribution is 2.20. The first kappa shape index (κ1) is 23.1. The lowest BCUT2D eigenvalue weighted by molar-refractivity contribution is -0.121. The predicted molar refractivity (Wildman–Crippen MR) is 127 cm³/mol. The van der Waals surface area contributed by atoms with Crippen molar-refractivity contribution in [3.63, 3.8) is 0 Å². The smallest absolute Gasteiger partial charge is 0.242 e. The molecule has 0 spiro atoms. The first-order chi connectivity index (χ1) is 15.4. The van der Waals surface area contributed by atoms with Gasteiger partial charge < -0.3 is 0 Å². The molecule has 0 saturated heterocycles. The van der Waals surface area contributed by atoms with Gasteiger partial charge in [-0.2, -0.15) is 5.10 Å². The summed E-state index contributed by atoms with van der Waals surface area (Å²) in [6.45, 7) is 1.89. The van der Waals surface area contributed by atoms with Gasteiger partial charge in [-0.15, -0.1) is 0 Å². The van der Waals surface area contributed by atoms with Gasteiger partial charge in [0.1, 0.15) is 0 Å². The summed E-state index contributed by atoms with van der Waals surface area (Å²) in [6.07, 6.45) is 4.94. The summed E-state index contributed by atoms with van der Waals surface area (Å²) in [7, 11) is -3.81. The van der Waals surface area contributed by atoms with Gasteiger partial charge in [0.2, 0.25) is 15.9 Å². The van der Waals surface area contributed by atoms with Crippen molar-refractivity contribution in [2.24, 2.45) is 5.10 Å². The number of sulfonamides is 1. The number of aryl methyl sites for hydroxylation is 1. The van der Waals surface area contributed by atoms with Gasteiger partial charge in [-0.25, -0.2) is 18.6 Å². The monoisotopic (exact) mass is 447 g/mol. The molecule has 0 aliphatic carbocycles. The van der Waals surface area contributed by atoms with Crippen LogP contribution in [-0.2, 0) is 14.8 Å². The first-order valence-electron chi connectivity index (χ1n) is 10.1. The highest BCUT2D eigenvalue weighted by molar-refractivity contribution is 7.89. The fourth-order valence-electron chi connectivity index (χ4n) is 2.99. The lowest BCUT2D eigenvalue weighted by atomic mass is 10.0. The second-order valence-corrected chi connectivity index (χ2v) is 8.90. The molecule has 0 radical (unpaired) electrons. The maximum Gasteiger partial charge on any atom is 0.242 e. The molecule has 6 nitrogen and oxygen atoms in total.